The van der Waals surface area contributed by atoms with Gasteiger partial charge in [-0.05, 0) is 95.0 Å². The average Bonchev–Trinajstić information content (AvgIpc) is 2.76. The summed E-state index contributed by atoms with van der Waals surface area (Å²) in [7, 11) is 0. The van der Waals surface area contributed by atoms with E-state index >= 15 is 0 Å². The molecule has 1 aromatic heterocycles. The standard InChI is InChI=1S/C26H32N6O3/c1-15-13-18(28)14-16(2)21(15)34-23-20-7-6-12-32(25(33)35-26(3,4)5)22(20)30-24(31-23)29-19-10-8-17(27)9-11-19/h8-11,13-14H,6-7,12,27-28H2,1-5H3,(H,29,30,31). The van der Waals surface area contributed by atoms with E-state index in [0.717, 1.165) is 28.8 Å². The van der Waals surface area contributed by atoms with Crippen LogP contribution in [-0.2, 0) is 11.2 Å². The van der Waals surface area contributed by atoms with Crippen molar-refractivity contribution in [1.29, 1.82) is 0 Å². The van der Waals surface area contributed by atoms with E-state index < -0.39 is 11.7 Å². The number of ether oxygens (including phenoxy) is 2. The third-order valence-electron chi connectivity index (χ3n) is 5.47. The number of aromatic nitrogens is 2. The number of nitrogens with two attached hydrogens (primary N) is 2. The predicted octanol–water partition coefficient (Wildman–Crippen LogP) is 5.48. The van der Waals surface area contributed by atoms with Gasteiger partial charge < -0.3 is 26.3 Å². The van der Waals surface area contributed by atoms with Gasteiger partial charge in [-0.3, -0.25) is 4.90 Å². The molecule has 35 heavy (non-hydrogen) atoms. The summed E-state index contributed by atoms with van der Waals surface area (Å²) >= 11 is 0. The van der Waals surface area contributed by atoms with Crippen LogP contribution in [0.25, 0.3) is 0 Å². The van der Waals surface area contributed by atoms with E-state index in [1.54, 1.807) is 17.0 Å². The fraction of sp³-hybridized carbons (Fsp3) is 0.346. The second kappa shape index (κ2) is 9.32. The number of carbonyl (C=O) groups excluding carboxylic acids is 1. The molecule has 0 saturated carbocycles. The summed E-state index contributed by atoms with van der Waals surface area (Å²) in [6, 6.07) is 10.9. The molecule has 0 fully saturated rings. The number of hydrogen-bond donors (Lipinski definition) is 3. The molecule has 0 spiro atoms. The molecule has 0 saturated heterocycles. The maximum atomic E-state index is 13.1. The smallest absolute Gasteiger partial charge is 0.416 e. The van der Waals surface area contributed by atoms with Gasteiger partial charge in [-0.25, -0.2) is 4.79 Å². The zero-order valence-corrected chi connectivity index (χ0v) is 20.8. The fourth-order valence-corrected chi connectivity index (χ4v) is 3.99. The number of nitrogens with one attached hydrogen (secondary N) is 1. The highest BCUT2D eigenvalue weighted by Crippen LogP contribution is 2.38. The van der Waals surface area contributed by atoms with Gasteiger partial charge in [0.25, 0.3) is 0 Å². The summed E-state index contributed by atoms with van der Waals surface area (Å²) in [6.07, 6.45) is 0.941. The van der Waals surface area contributed by atoms with E-state index in [4.69, 9.17) is 25.9 Å². The molecule has 0 radical (unpaired) electrons. The van der Waals surface area contributed by atoms with Crippen LogP contribution in [0, 0.1) is 13.8 Å². The Kier molecular flexibility index (Phi) is 6.43. The summed E-state index contributed by atoms with van der Waals surface area (Å²) < 4.78 is 12.0. The lowest BCUT2D eigenvalue weighted by Crippen LogP contribution is -2.40. The van der Waals surface area contributed by atoms with Crippen molar-refractivity contribution in [3.63, 3.8) is 0 Å². The van der Waals surface area contributed by atoms with Gasteiger partial charge in [0.2, 0.25) is 11.8 Å². The van der Waals surface area contributed by atoms with E-state index in [2.05, 4.69) is 10.3 Å². The van der Waals surface area contributed by atoms with Gasteiger partial charge in [-0.2, -0.15) is 9.97 Å². The lowest BCUT2D eigenvalue weighted by molar-refractivity contribution is 0.0576. The van der Waals surface area contributed by atoms with Crippen LogP contribution in [-0.4, -0.2) is 28.2 Å². The highest BCUT2D eigenvalue weighted by molar-refractivity contribution is 5.89. The number of hydrogen-bond acceptors (Lipinski definition) is 8. The molecular weight excluding hydrogens is 444 g/mol. The largest absolute Gasteiger partial charge is 0.443 e. The van der Waals surface area contributed by atoms with Crippen LogP contribution in [0.15, 0.2) is 36.4 Å². The average molecular weight is 477 g/mol. The van der Waals surface area contributed by atoms with Crippen LogP contribution in [0.3, 0.4) is 0 Å². The number of nitrogens with zero attached hydrogens (tertiary/aromatic N) is 3. The minimum Gasteiger partial charge on any atom is -0.443 e. The number of amides is 1. The number of aryl methyl sites for hydroxylation is 2. The summed E-state index contributed by atoms with van der Waals surface area (Å²) in [5.74, 6) is 1.83. The second-order valence-electron chi connectivity index (χ2n) is 9.72. The topological polar surface area (TPSA) is 129 Å². The van der Waals surface area contributed by atoms with Crippen molar-refractivity contribution in [2.24, 2.45) is 0 Å². The van der Waals surface area contributed by atoms with Crippen molar-refractivity contribution >= 4 is 34.9 Å². The summed E-state index contributed by atoms with van der Waals surface area (Å²) in [6.45, 7) is 9.88. The van der Waals surface area contributed by atoms with Gasteiger partial charge in [-0.1, -0.05) is 0 Å². The highest BCUT2D eigenvalue weighted by Gasteiger charge is 2.32. The van der Waals surface area contributed by atoms with E-state index in [-0.39, 0.29) is 0 Å². The molecule has 2 aromatic carbocycles. The van der Waals surface area contributed by atoms with Gasteiger partial charge in [-0.15, -0.1) is 0 Å². The Morgan fingerprint density at radius 2 is 1.69 bits per heavy atom. The number of fused-ring (bicyclic) bond motifs is 1. The van der Waals surface area contributed by atoms with Gasteiger partial charge in [0.15, 0.2) is 5.82 Å². The molecule has 1 aliphatic rings. The molecule has 184 valence electrons. The van der Waals surface area contributed by atoms with Crippen LogP contribution in [0.1, 0.15) is 43.9 Å². The number of benzene rings is 2. The zero-order chi connectivity index (χ0) is 25.3. The van der Waals surface area contributed by atoms with E-state index in [1.165, 1.54) is 0 Å². The molecule has 0 atom stereocenters. The second-order valence-corrected chi connectivity index (χ2v) is 9.72. The quantitative estimate of drug-likeness (QED) is 0.422. The first-order valence-electron chi connectivity index (χ1n) is 11.6. The van der Waals surface area contributed by atoms with Crippen LogP contribution in [0.5, 0.6) is 11.6 Å². The molecule has 9 heteroatoms. The van der Waals surface area contributed by atoms with Crippen LogP contribution < -0.4 is 26.4 Å². The Labute approximate surface area is 205 Å². The van der Waals surface area contributed by atoms with Crippen molar-refractivity contribution < 1.29 is 14.3 Å². The van der Waals surface area contributed by atoms with Crippen LogP contribution >= 0.6 is 0 Å². The van der Waals surface area contributed by atoms with Gasteiger partial charge in [0.1, 0.15) is 11.4 Å². The monoisotopic (exact) mass is 476 g/mol. The third-order valence-corrected chi connectivity index (χ3v) is 5.47. The Morgan fingerprint density at radius 3 is 2.31 bits per heavy atom. The first-order valence-corrected chi connectivity index (χ1v) is 11.6. The van der Waals surface area contributed by atoms with Crippen LogP contribution in [0.4, 0.5) is 33.6 Å². The van der Waals surface area contributed by atoms with Gasteiger partial charge >= 0.3 is 6.09 Å². The van der Waals surface area contributed by atoms with Crippen molar-refractivity contribution in [3.8, 4) is 11.6 Å². The lowest BCUT2D eigenvalue weighted by Gasteiger charge is -2.31. The molecule has 1 aliphatic heterocycles. The molecule has 5 N–H and O–H groups in total. The third kappa shape index (κ3) is 5.56. The zero-order valence-electron chi connectivity index (χ0n) is 20.8. The molecule has 0 bridgehead atoms. The molecule has 0 unspecified atom stereocenters. The fourth-order valence-electron chi connectivity index (χ4n) is 3.99. The van der Waals surface area contributed by atoms with E-state index in [1.807, 2.05) is 58.9 Å². The number of anilines is 5. The molecule has 0 aliphatic carbocycles. The molecular formula is C26H32N6O3. The minimum absolute atomic E-state index is 0.296. The van der Waals surface area contributed by atoms with E-state index in [0.29, 0.717) is 47.7 Å². The molecule has 4 rings (SSSR count). The van der Waals surface area contributed by atoms with Crippen molar-refractivity contribution in [2.45, 2.75) is 53.1 Å². The lowest BCUT2D eigenvalue weighted by atomic mass is 10.1. The normalized spacial score (nSPS) is 13.2. The molecule has 1 amide bonds. The highest BCUT2D eigenvalue weighted by atomic mass is 16.6. The summed E-state index contributed by atoms with van der Waals surface area (Å²) in [5, 5.41) is 3.20. The Hall–Kier alpha value is -4.01. The molecule has 9 nitrogen and oxygen atoms in total. The number of carbonyl (C=O) groups is 1. The maximum Gasteiger partial charge on any atom is 0.416 e. The predicted molar refractivity (Wildman–Crippen MR) is 138 cm³/mol. The Bertz CT molecular complexity index is 1230. The SMILES string of the molecule is Cc1cc(N)cc(C)c1Oc1nc(Nc2ccc(N)cc2)nc2c1CCCN2C(=O)OC(C)(C)C. The molecule has 3 aromatic rings. The van der Waals surface area contributed by atoms with Crippen LogP contribution in [0.2, 0.25) is 0 Å². The van der Waals surface area contributed by atoms with Crippen molar-refractivity contribution in [1.82, 2.24) is 9.97 Å². The number of nitrogen functional groups attached to an aromatic ring is 2. The van der Waals surface area contributed by atoms with Gasteiger partial charge in [0, 0.05) is 23.6 Å². The molecule has 2 heterocycles. The maximum absolute atomic E-state index is 13.1. The first kappa shape index (κ1) is 24.1. The van der Waals surface area contributed by atoms with E-state index in [9.17, 15) is 4.79 Å². The summed E-state index contributed by atoms with van der Waals surface area (Å²) in [5.41, 5.74) is 15.8. The Balaban J connectivity index is 1.79. The Morgan fingerprint density at radius 1 is 1.03 bits per heavy atom. The van der Waals surface area contributed by atoms with Crippen molar-refractivity contribution in [3.05, 3.63) is 53.1 Å². The minimum atomic E-state index is -0.635. The van der Waals surface area contributed by atoms with Crippen molar-refractivity contribution in [2.75, 3.05) is 28.2 Å². The number of rotatable bonds is 4. The first-order chi connectivity index (χ1) is 16.5. The summed E-state index contributed by atoms with van der Waals surface area (Å²) in [4.78, 5) is 24.0. The van der Waals surface area contributed by atoms with Gasteiger partial charge in [0.05, 0.1) is 5.56 Å².